The van der Waals surface area contributed by atoms with Gasteiger partial charge < -0.3 is 14.8 Å². The lowest BCUT2D eigenvalue weighted by Crippen LogP contribution is -2.59. The molecule has 2 unspecified atom stereocenters. The van der Waals surface area contributed by atoms with Crippen LogP contribution in [0.1, 0.15) is 57.1 Å². The summed E-state index contributed by atoms with van der Waals surface area (Å²) in [6, 6.07) is 7.57. The van der Waals surface area contributed by atoms with Crippen LogP contribution in [0.5, 0.6) is 5.75 Å². The van der Waals surface area contributed by atoms with E-state index in [4.69, 9.17) is 9.47 Å². The molecule has 0 bridgehead atoms. The number of methoxy groups -OCH3 is 1. The highest BCUT2D eigenvalue weighted by Crippen LogP contribution is 2.47. The first kappa shape index (κ1) is 27.5. The van der Waals surface area contributed by atoms with Gasteiger partial charge in [0.25, 0.3) is 0 Å². The smallest absolute Gasteiger partial charge is 0.420 e. The van der Waals surface area contributed by atoms with E-state index in [0.717, 1.165) is 5.56 Å². The fraction of sp³-hybridized carbons (Fsp3) is 0.593. The number of esters is 1. The van der Waals surface area contributed by atoms with Crippen LogP contribution < -0.4 is 10.1 Å². The maximum atomic E-state index is 14.1. The van der Waals surface area contributed by atoms with Crippen LogP contribution in [0.15, 0.2) is 30.3 Å². The molecule has 37 heavy (non-hydrogen) atoms. The summed E-state index contributed by atoms with van der Waals surface area (Å²) < 4.78 is 91.6. The second-order valence-corrected chi connectivity index (χ2v) is 10.7. The topological polar surface area (TPSA) is 47.6 Å². The molecule has 2 fully saturated rings. The summed E-state index contributed by atoms with van der Waals surface area (Å²) >= 11 is 0. The van der Waals surface area contributed by atoms with Crippen LogP contribution >= 0.6 is 0 Å². The standard InChI is InChI=1S/C27H31F6NO3/c1-25(2)20(24(35)36-3)13-22(25)34-14-15-4-10-19-16(12-15)5-11-21(23(19)27(31,32)33)37-18-8-6-17(7-9-18)26(28,29)30/h4-5,10-12,17-18,20,22,34H,6-9,13-14H2,1-3H3. The molecule has 2 aromatic carbocycles. The molecule has 0 heterocycles. The first-order valence-electron chi connectivity index (χ1n) is 12.4. The predicted molar refractivity (Wildman–Crippen MR) is 126 cm³/mol. The maximum absolute atomic E-state index is 14.1. The molecule has 4 nitrogen and oxygen atoms in total. The summed E-state index contributed by atoms with van der Waals surface area (Å²) in [7, 11) is 1.36. The molecule has 4 rings (SSSR count). The number of carbonyl (C=O) groups excluding carboxylic acids is 1. The largest absolute Gasteiger partial charge is 0.490 e. The van der Waals surface area contributed by atoms with E-state index in [1.54, 1.807) is 18.2 Å². The SMILES string of the molecule is COC(=O)C1CC(NCc2ccc3c(C(F)(F)F)c(OC4CCC(C(F)(F)F)CC4)ccc3c2)C1(C)C. The summed E-state index contributed by atoms with van der Waals surface area (Å²) in [6.45, 7) is 4.37. The fourth-order valence-electron chi connectivity index (χ4n) is 5.60. The van der Waals surface area contributed by atoms with Crippen molar-refractivity contribution < 1.29 is 40.6 Å². The lowest BCUT2D eigenvalue weighted by Gasteiger charge is -2.50. The maximum Gasteiger partial charge on any atom is 0.420 e. The van der Waals surface area contributed by atoms with E-state index in [1.165, 1.54) is 19.2 Å². The Balaban J connectivity index is 1.48. The van der Waals surface area contributed by atoms with E-state index in [9.17, 15) is 31.1 Å². The van der Waals surface area contributed by atoms with Gasteiger partial charge in [0.05, 0.1) is 25.0 Å². The van der Waals surface area contributed by atoms with Gasteiger partial charge in [-0.25, -0.2) is 0 Å². The predicted octanol–water partition coefficient (Wildman–Crippen LogP) is 7.04. The Bertz CT molecular complexity index is 1140. The lowest BCUT2D eigenvalue weighted by atomic mass is 9.58. The Kier molecular flexibility index (Phi) is 7.44. The van der Waals surface area contributed by atoms with Crippen molar-refractivity contribution in [1.29, 1.82) is 0 Å². The Hall–Kier alpha value is -2.49. The molecular formula is C27H31F6NO3. The van der Waals surface area contributed by atoms with E-state index >= 15 is 0 Å². The molecule has 2 saturated carbocycles. The van der Waals surface area contributed by atoms with Gasteiger partial charge in [0.15, 0.2) is 0 Å². The van der Waals surface area contributed by atoms with Crippen molar-refractivity contribution in [2.75, 3.05) is 7.11 Å². The van der Waals surface area contributed by atoms with Gasteiger partial charge in [-0.2, -0.15) is 26.3 Å². The molecule has 204 valence electrons. The van der Waals surface area contributed by atoms with E-state index < -0.39 is 29.9 Å². The van der Waals surface area contributed by atoms with E-state index in [1.807, 2.05) is 13.8 Å². The molecule has 0 aliphatic heterocycles. The number of carbonyl (C=O) groups is 1. The second kappa shape index (κ2) is 10.0. The van der Waals surface area contributed by atoms with Gasteiger partial charge in [0.2, 0.25) is 0 Å². The molecule has 10 heteroatoms. The van der Waals surface area contributed by atoms with Gasteiger partial charge in [-0.15, -0.1) is 0 Å². The first-order valence-corrected chi connectivity index (χ1v) is 12.4. The van der Waals surface area contributed by atoms with Crippen molar-refractivity contribution >= 4 is 16.7 Å². The number of ether oxygens (including phenoxy) is 2. The van der Waals surface area contributed by atoms with Crippen LogP contribution in [-0.2, 0) is 22.3 Å². The molecule has 2 aliphatic rings. The molecule has 2 atom stereocenters. The highest BCUT2D eigenvalue weighted by atomic mass is 19.4. The van der Waals surface area contributed by atoms with Gasteiger partial charge in [-0.3, -0.25) is 4.79 Å². The zero-order valence-corrected chi connectivity index (χ0v) is 20.9. The molecule has 2 aliphatic carbocycles. The minimum Gasteiger partial charge on any atom is -0.490 e. The molecular weight excluding hydrogens is 500 g/mol. The number of nitrogens with one attached hydrogen (secondary N) is 1. The monoisotopic (exact) mass is 531 g/mol. The van der Waals surface area contributed by atoms with Crippen LogP contribution in [0, 0.1) is 17.3 Å². The van der Waals surface area contributed by atoms with E-state index in [2.05, 4.69) is 5.32 Å². The summed E-state index contributed by atoms with van der Waals surface area (Å²) in [6.07, 6.45) is -9.27. The second-order valence-electron chi connectivity index (χ2n) is 10.7. The first-order chi connectivity index (χ1) is 17.2. The van der Waals surface area contributed by atoms with Crippen molar-refractivity contribution in [2.45, 2.75) is 77.0 Å². The Labute approximate surface area is 211 Å². The molecule has 2 aromatic rings. The zero-order valence-electron chi connectivity index (χ0n) is 20.9. The van der Waals surface area contributed by atoms with Crippen LogP contribution in [0.25, 0.3) is 10.8 Å². The number of hydrogen-bond donors (Lipinski definition) is 1. The molecule has 0 aromatic heterocycles. The molecule has 0 saturated heterocycles. The van der Waals surface area contributed by atoms with Gasteiger partial charge in [0, 0.05) is 12.6 Å². The Morgan fingerprint density at radius 2 is 1.70 bits per heavy atom. The fourth-order valence-corrected chi connectivity index (χ4v) is 5.60. The summed E-state index contributed by atoms with van der Waals surface area (Å²) in [4.78, 5) is 11.9. The average molecular weight is 532 g/mol. The van der Waals surface area contributed by atoms with Gasteiger partial charge >= 0.3 is 18.3 Å². The number of alkyl halides is 6. The van der Waals surface area contributed by atoms with Gasteiger partial charge in [0.1, 0.15) is 11.3 Å². The quantitative estimate of drug-likeness (QED) is 0.321. The van der Waals surface area contributed by atoms with Crippen molar-refractivity contribution in [3.8, 4) is 5.75 Å². The molecule has 1 N–H and O–H groups in total. The minimum atomic E-state index is -4.70. The normalized spacial score (nSPS) is 26.0. The average Bonchev–Trinajstić information content (AvgIpc) is 2.82. The summed E-state index contributed by atoms with van der Waals surface area (Å²) in [5.74, 6) is -2.25. The van der Waals surface area contributed by atoms with E-state index in [-0.39, 0.29) is 60.2 Å². The lowest BCUT2D eigenvalue weighted by molar-refractivity contribution is -0.185. The third-order valence-corrected chi connectivity index (χ3v) is 8.07. The Morgan fingerprint density at radius 1 is 1.03 bits per heavy atom. The van der Waals surface area contributed by atoms with Crippen LogP contribution in [0.2, 0.25) is 0 Å². The van der Waals surface area contributed by atoms with E-state index in [0.29, 0.717) is 18.4 Å². The third kappa shape index (κ3) is 5.68. The van der Waals surface area contributed by atoms with Crippen LogP contribution in [0.4, 0.5) is 26.3 Å². The molecule has 0 radical (unpaired) electrons. The number of fused-ring (bicyclic) bond motifs is 1. The molecule has 0 spiro atoms. The third-order valence-electron chi connectivity index (χ3n) is 8.07. The highest BCUT2D eigenvalue weighted by molar-refractivity contribution is 5.89. The van der Waals surface area contributed by atoms with Crippen molar-refractivity contribution in [3.63, 3.8) is 0 Å². The number of rotatable bonds is 6. The van der Waals surface area contributed by atoms with Crippen LogP contribution in [0.3, 0.4) is 0 Å². The molecule has 0 amide bonds. The zero-order chi connectivity index (χ0) is 27.2. The van der Waals surface area contributed by atoms with Gasteiger partial charge in [-0.1, -0.05) is 32.0 Å². The highest BCUT2D eigenvalue weighted by Gasteiger charge is 2.52. The number of halogens is 6. The van der Waals surface area contributed by atoms with Crippen molar-refractivity contribution in [1.82, 2.24) is 5.32 Å². The summed E-state index contributed by atoms with van der Waals surface area (Å²) in [5, 5.41) is 3.76. The van der Waals surface area contributed by atoms with Crippen LogP contribution in [-0.4, -0.2) is 31.4 Å². The number of benzene rings is 2. The van der Waals surface area contributed by atoms with Crippen molar-refractivity contribution in [2.24, 2.45) is 17.3 Å². The van der Waals surface area contributed by atoms with Gasteiger partial charge in [-0.05, 0) is 66.0 Å². The summed E-state index contributed by atoms with van der Waals surface area (Å²) in [5.41, 5.74) is -0.431. The van der Waals surface area contributed by atoms with Crippen molar-refractivity contribution in [3.05, 3.63) is 41.5 Å². The Morgan fingerprint density at radius 3 is 2.27 bits per heavy atom. The minimum absolute atomic E-state index is 0.0209. The number of hydrogen-bond acceptors (Lipinski definition) is 4.